The van der Waals surface area contributed by atoms with E-state index in [1.807, 2.05) is 24.3 Å². The molecule has 1 aliphatic rings. The van der Waals surface area contributed by atoms with Crippen molar-refractivity contribution in [3.8, 4) is 0 Å². The van der Waals surface area contributed by atoms with Crippen molar-refractivity contribution in [1.82, 2.24) is 9.88 Å². The van der Waals surface area contributed by atoms with Crippen LogP contribution in [0.15, 0.2) is 30.5 Å². The zero-order valence-electron chi connectivity index (χ0n) is 11.6. The molecule has 4 nitrogen and oxygen atoms in total. The monoisotopic (exact) mass is 304 g/mol. The fraction of sp³-hybridized carbons (Fsp3) is 0.375. The Morgan fingerprint density at radius 3 is 2.90 bits per heavy atom. The lowest BCUT2D eigenvalue weighted by Crippen LogP contribution is -2.28. The first-order valence-electron chi connectivity index (χ1n) is 7.13. The second kappa shape index (κ2) is 6.00. The molecule has 3 rings (SSSR count). The first-order chi connectivity index (χ1) is 10.1. The van der Waals surface area contributed by atoms with Gasteiger partial charge in [0.15, 0.2) is 0 Å². The lowest BCUT2D eigenvalue weighted by Gasteiger charge is -2.22. The molecule has 1 aromatic carbocycles. The van der Waals surface area contributed by atoms with Crippen molar-refractivity contribution in [2.75, 3.05) is 6.54 Å². The number of carboxylic acid groups (broad SMARTS) is 1. The highest BCUT2D eigenvalue weighted by atomic mass is 35.5. The minimum Gasteiger partial charge on any atom is -0.481 e. The Morgan fingerprint density at radius 1 is 1.38 bits per heavy atom. The number of aliphatic carboxylic acids is 1. The summed E-state index contributed by atoms with van der Waals surface area (Å²) < 4.78 is 0. The molecule has 0 atom stereocenters. The molecule has 0 unspecified atom stereocenters. The third-order valence-corrected chi connectivity index (χ3v) is 4.18. The highest BCUT2D eigenvalue weighted by molar-refractivity contribution is 6.35. The van der Waals surface area contributed by atoms with Crippen molar-refractivity contribution in [3.05, 3.63) is 41.0 Å². The number of benzene rings is 1. The molecule has 1 fully saturated rings. The van der Waals surface area contributed by atoms with Crippen molar-refractivity contribution in [1.29, 1.82) is 0 Å². The zero-order valence-corrected chi connectivity index (χ0v) is 12.4. The molecule has 5 heteroatoms. The maximum Gasteiger partial charge on any atom is 0.304 e. The Balaban J connectivity index is 1.85. The lowest BCUT2D eigenvalue weighted by atomic mass is 10.1. The molecule has 1 heterocycles. The molecule has 1 aromatic heterocycles. The van der Waals surface area contributed by atoms with Crippen LogP contribution in [0.1, 0.15) is 24.8 Å². The van der Waals surface area contributed by atoms with E-state index in [9.17, 15) is 4.79 Å². The zero-order chi connectivity index (χ0) is 14.8. The van der Waals surface area contributed by atoms with E-state index in [0.717, 1.165) is 35.9 Å². The number of carbonyl (C=O) groups is 1. The van der Waals surface area contributed by atoms with E-state index in [1.54, 1.807) is 6.20 Å². The summed E-state index contributed by atoms with van der Waals surface area (Å²) in [4.78, 5) is 17.5. The van der Waals surface area contributed by atoms with Gasteiger partial charge in [-0.15, -0.1) is 0 Å². The number of carboxylic acids is 1. The molecule has 1 N–H and O–H groups in total. The summed E-state index contributed by atoms with van der Waals surface area (Å²) in [5, 5.41) is 10.5. The van der Waals surface area contributed by atoms with Gasteiger partial charge in [0, 0.05) is 35.7 Å². The molecule has 0 bridgehead atoms. The van der Waals surface area contributed by atoms with Crippen molar-refractivity contribution in [3.63, 3.8) is 0 Å². The van der Waals surface area contributed by atoms with Crippen molar-refractivity contribution >= 4 is 28.5 Å². The molecular formula is C16H17ClN2O2. The quantitative estimate of drug-likeness (QED) is 0.889. The molecular weight excluding hydrogens is 288 g/mol. The van der Waals surface area contributed by atoms with Crippen LogP contribution in [0.4, 0.5) is 0 Å². The van der Waals surface area contributed by atoms with Gasteiger partial charge in [0.1, 0.15) is 0 Å². The van der Waals surface area contributed by atoms with Gasteiger partial charge in [-0.3, -0.25) is 14.7 Å². The third-order valence-electron chi connectivity index (χ3n) is 3.85. The van der Waals surface area contributed by atoms with E-state index in [2.05, 4.69) is 9.88 Å². The van der Waals surface area contributed by atoms with Gasteiger partial charge in [0.05, 0.1) is 11.9 Å². The molecule has 21 heavy (non-hydrogen) atoms. The van der Waals surface area contributed by atoms with E-state index in [-0.39, 0.29) is 6.42 Å². The van der Waals surface area contributed by atoms with Crippen LogP contribution < -0.4 is 0 Å². The van der Waals surface area contributed by atoms with Crippen LogP contribution in [0.3, 0.4) is 0 Å². The predicted molar refractivity (Wildman–Crippen MR) is 82.4 cm³/mol. The van der Waals surface area contributed by atoms with E-state index < -0.39 is 5.97 Å². The van der Waals surface area contributed by atoms with Crippen LogP contribution in [0.2, 0.25) is 5.02 Å². The smallest absolute Gasteiger partial charge is 0.304 e. The summed E-state index contributed by atoms with van der Waals surface area (Å²) in [5.41, 5.74) is 2.01. The number of fused-ring (bicyclic) bond motifs is 1. The highest BCUT2D eigenvalue weighted by Crippen LogP contribution is 2.31. The number of aromatic nitrogens is 1. The largest absolute Gasteiger partial charge is 0.481 e. The topological polar surface area (TPSA) is 53.4 Å². The first-order valence-corrected chi connectivity index (χ1v) is 7.51. The van der Waals surface area contributed by atoms with Gasteiger partial charge in [0.25, 0.3) is 0 Å². The van der Waals surface area contributed by atoms with Crippen molar-refractivity contribution in [2.24, 2.45) is 0 Å². The number of pyridine rings is 1. The summed E-state index contributed by atoms with van der Waals surface area (Å²) >= 11 is 6.21. The van der Waals surface area contributed by atoms with E-state index in [0.29, 0.717) is 17.6 Å². The van der Waals surface area contributed by atoms with Crippen LogP contribution in [0.25, 0.3) is 10.9 Å². The molecule has 0 radical (unpaired) electrons. The molecule has 1 saturated carbocycles. The standard InChI is InChI=1S/C16H17ClN2O2/c17-14-6-3-11(16-13(14)2-1-8-18-16)10-19(12-4-5-12)9-7-15(20)21/h1-3,6,8,12H,4-5,7,9-10H2,(H,20,21). The van der Waals surface area contributed by atoms with E-state index >= 15 is 0 Å². The second-order valence-electron chi connectivity index (χ2n) is 5.45. The van der Waals surface area contributed by atoms with E-state index in [4.69, 9.17) is 16.7 Å². The number of hydrogen-bond donors (Lipinski definition) is 1. The third kappa shape index (κ3) is 3.34. The summed E-state index contributed by atoms with van der Waals surface area (Å²) in [7, 11) is 0. The Kier molecular flexibility index (Phi) is 4.08. The van der Waals surface area contributed by atoms with Crippen LogP contribution in [0, 0.1) is 0 Å². The summed E-state index contributed by atoms with van der Waals surface area (Å²) in [5.74, 6) is -0.750. The second-order valence-corrected chi connectivity index (χ2v) is 5.86. The molecule has 1 aliphatic carbocycles. The summed E-state index contributed by atoms with van der Waals surface area (Å²) in [6, 6.07) is 8.24. The normalized spacial score (nSPS) is 14.8. The minimum absolute atomic E-state index is 0.176. The van der Waals surface area contributed by atoms with Gasteiger partial charge >= 0.3 is 5.97 Å². The number of nitrogens with zero attached hydrogens (tertiary/aromatic N) is 2. The molecule has 0 amide bonds. The van der Waals surface area contributed by atoms with Crippen LogP contribution in [-0.2, 0) is 11.3 Å². The average molecular weight is 305 g/mol. The van der Waals surface area contributed by atoms with Crippen molar-refractivity contribution < 1.29 is 9.90 Å². The fourth-order valence-corrected chi connectivity index (χ4v) is 2.83. The molecule has 110 valence electrons. The number of halogens is 1. The maximum absolute atomic E-state index is 10.8. The highest BCUT2D eigenvalue weighted by Gasteiger charge is 2.29. The Bertz CT molecular complexity index is 670. The van der Waals surface area contributed by atoms with Crippen LogP contribution in [-0.4, -0.2) is 33.5 Å². The SMILES string of the molecule is O=C(O)CCN(Cc1ccc(Cl)c2cccnc12)C1CC1. The van der Waals surface area contributed by atoms with Crippen LogP contribution in [0.5, 0.6) is 0 Å². The maximum atomic E-state index is 10.8. The van der Waals surface area contributed by atoms with Gasteiger partial charge in [-0.1, -0.05) is 17.7 Å². The Labute approximate surface area is 128 Å². The molecule has 0 spiro atoms. The van der Waals surface area contributed by atoms with Gasteiger partial charge in [-0.25, -0.2) is 0 Å². The summed E-state index contributed by atoms with van der Waals surface area (Å²) in [6.07, 6.45) is 4.24. The Morgan fingerprint density at radius 2 is 2.19 bits per heavy atom. The fourth-order valence-electron chi connectivity index (χ4n) is 2.61. The van der Waals surface area contributed by atoms with Crippen molar-refractivity contribution in [2.45, 2.75) is 31.8 Å². The van der Waals surface area contributed by atoms with Gasteiger partial charge in [-0.05, 0) is 36.6 Å². The van der Waals surface area contributed by atoms with Gasteiger partial charge in [-0.2, -0.15) is 0 Å². The molecule has 0 aliphatic heterocycles. The predicted octanol–water partition coefficient (Wildman–Crippen LogP) is 3.33. The number of hydrogen-bond acceptors (Lipinski definition) is 3. The number of rotatable bonds is 6. The van der Waals surface area contributed by atoms with Crippen LogP contribution >= 0.6 is 11.6 Å². The average Bonchev–Trinajstić information content (AvgIpc) is 3.30. The minimum atomic E-state index is -0.750. The van der Waals surface area contributed by atoms with Gasteiger partial charge in [0.2, 0.25) is 0 Å². The summed E-state index contributed by atoms with van der Waals surface area (Å²) in [6.45, 7) is 1.31. The molecule has 0 saturated heterocycles. The Hall–Kier alpha value is -1.65. The van der Waals surface area contributed by atoms with Gasteiger partial charge < -0.3 is 5.11 Å². The first kappa shape index (κ1) is 14.3. The van der Waals surface area contributed by atoms with E-state index in [1.165, 1.54) is 0 Å². The molecule has 2 aromatic rings. The lowest BCUT2D eigenvalue weighted by molar-refractivity contribution is -0.137.